The second-order valence-corrected chi connectivity index (χ2v) is 17.5. The Balaban J connectivity index is -0.000000208. The van der Waals surface area contributed by atoms with Crippen molar-refractivity contribution in [2.45, 2.75) is 65.0 Å². The van der Waals surface area contributed by atoms with Gasteiger partial charge < -0.3 is 13.1 Å². The maximum atomic E-state index is 3.91. The third kappa shape index (κ3) is 69.4. The second-order valence-electron chi connectivity index (χ2n) is 7.22. The summed E-state index contributed by atoms with van der Waals surface area (Å²) >= 11 is 0. The van der Waals surface area contributed by atoms with Crippen LogP contribution in [0.3, 0.4) is 0 Å². The Kier molecular flexibility index (Phi) is 17.5. The van der Waals surface area contributed by atoms with E-state index in [2.05, 4.69) is 76.7 Å². The zero-order valence-corrected chi connectivity index (χ0v) is 17.4. The third-order valence-corrected chi connectivity index (χ3v) is 1.33. The van der Waals surface area contributed by atoms with Gasteiger partial charge in [-0.05, 0) is 25.7 Å². The van der Waals surface area contributed by atoms with Crippen LogP contribution >= 0.6 is 0 Å². The fraction of sp³-hybridized carbons (Fsp3) is 0.625. The molecule has 0 fully saturated rings. The Hall–Kier alpha value is 0.576. The summed E-state index contributed by atoms with van der Waals surface area (Å²) < 4.78 is 0. The molecular formula is C16H34PdSi2. The Morgan fingerprint density at radius 3 is 0.789 bits per heavy atom. The molecule has 0 amide bonds. The van der Waals surface area contributed by atoms with Gasteiger partial charge in [0, 0.05) is 0 Å². The van der Waals surface area contributed by atoms with E-state index < -0.39 is 16.1 Å². The molecule has 0 spiro atoms. The summed E-state index contributed by atoms with van der Waals surface area (Å²) in [7, 11) is -1.72. The van der Waals surface area contributed by atoms with Crippen molar-refractivity contribution in [1.29, 1.82) is 0 Å². The van der Waals surface area contributed by atoms with E-state index in [1.165, 1.54) is 25.7 Å². The first-order valence-corrected chi connectivity index (χ1v) is 14.4. The predicted octanol–water partition coefficient (Wildman–Crippen LogP) is 6.07. The van der Waals surface area contributed by atoms with Crippen LogP contribution in [0.1, 0.15) is 25.7 Å². The van der Waals surface area contributed by atoms with Gasteiger partial charge in [0.25, 0.3) is 0 Å². The van der Waals surface area contributed by atoms with E-state index in [0.717, 1.165) is 0 Å². The van der Waals surface area contributed by atoms with Gasteiger partial charge >= 0.3 is 20.4 Å². The van der Waals surface area contributed by atoms with Crippen molar-refractivity contribution in [2.75, 3.05) is 0 Å². The van der Waals surface area contributed by atoms with Crippen LogP contribution in [0.15, 0.2) is 24.3 Å². The summed E-state index contributed by atoms with van der Waals surface area (Å²) in [4.78, 5) is 0. The van der Waals surface area contributed by atoms with Crippen molar-refractivity contribution in [3.63, 3.8) is 0 Å². The summed E-state index contributed by atoms with van der Waals surface area (Å²) in [5.41, 5.74) is 0. The predicted molar refractivity (Wildman–Crippen MR) is 94.2 cm³/mol. The molecule has 1 rings (SSSR count). The van der Waals surface area contributed by atoms with E-state index in [9.17, 15) is 0 Å². The monoisotopic (exact) mass is 388 g/mol. The molecule has 0 saturated heterocycles. The average Bonchev–Trinajstić information content (AvgIpc) is 1.93. The van der Waals surface area contributed by atoms with Crippen LogP contribution < -0.4 is 0 Å². The molecule has 0 aliphatic heterocycles. The van der Waals surface area contributed by atoms with Gasteiger partial charge in [0.05, 0.1) is 0 Å². The summed E-state index contributed by atoms with van der Waals surface area (Å²) in [6, 6.07) is 0. The van der Waals surface area contributed by atoms with Crippen molar-refractivity contribution < 1.29 is 20.4 Å². The standard InChI is InChI=1S/C8H12.2C4H11Si.Pd/c1-2-4-6-8-7-5-3-1;2*1-5(2,3)4;/h1-2,7-8H,3-6H2;2*1H2,2-4H3;/q;2*-1;+2/b2-1-,8-7?;;;. The second kappa shape index (κ2) is 13.6. The molecule has 0 bridgehead atoms. The van der Waals surface area contributed by atoms with Gasteiger partial charge in [0.15, 0.2) is 0 Å². The molecule has 0 unspecified atom stereocenters. The summed E-state index contributed by atoms with van der Waals surface area (Å²) in [6.45, 7) is 21.1. The Labute approximate surface area is 138 Å². The summed E-state index contributed by atoms with van der Waals surface area (Å²) in [6.07, 6.45) is 14.0. The van der Waals surface area contributed by atoms with Crippen LogP contribution in [0.4, 0.5) is 0 Å². The largest absolute Gasteiger partial charge is 2.00 e. The molecule has 1 aliphatic carbocycles. The van der Waals surface area contributed by atoms with E-state index in [4.69, 9.17) is 0 Å². The smallest absolute Gasteiger partial charge is 0.342 e. The molecule has 0 heterocycles. The van der Waals surface area contributed by atoms with Crippen molar-refractivity contribution in [3.8, 4) is 0 Å². The average molecular weight is 389 g/mol. The van der Waals surface area contributed by atoms with Gasteiger partial charge in [0.2, 0.25) is 0 Å². The molecule has 116 valence electrons. The minimum atomic E-state index is -0.861. The van der Waals surface area contributed by atoms with E-state index in [1.54, 1.807) is 0 Å². The molecule has 0 N–H and O–H groups in total. The van der Waals surface area contributed by atoms with Crippen molar-refractivity contribution in [1.82, 2.24) is 0 Å². The molecule has 0 nitrogen and oxygen atoms in total. The molecule has 0 saturated carbocycles. The SMILES string of the molecule is C1=CCC/C=C\CC1.[CH2-][Si](C)(C)C.[CH2-][Si](C)(C)C.[Pd+2]. The number of hydrogen-bond donors (Lipinski definition) is 0. The first-order chi connectivity index (χ1) is 8.00. The quantitative estimate of drug-likeness (QED) is 0.268. The van der Waals surface area contributed by atoms with E-state index in [0.29, 0.717) is 0 Å². The van der Waals surface area contributed by atoms with Crippen molar-refractivity contribution in [2.24, 2.45) is 0 Å². The first-order valence-electron chi connectivity index (χ1n) is 7.01. The van der Waals surface area contributed by atoms with E-state index in [-0.39, 0.29) is 20.4 Å². The number of hydrogen-bond acceptors (Lipinski definition) is 0. The Morgan fingerprint density at radius 1 is 0.579 bits per heavy atom. The number of allylic oxidation sites excluding steroid dienone is 4. The number of rotatable bonds is 0. The van der Waals surface area contributed by atoms with Crippen LogP contribution in [0.2, 0.25) is 39.3 Å². The Bertz CT molecular complexity index is 182. The van der Waals surface area contributed by atoms with Crippen molar-refractivity contribution >= 4 is 16.1 Å². The van der Waals surface area contributed by atoms with Crippen LogP contribution in [-0.2, 0) is 20.4 Å². The zero-order valence-electron chi connectivity index (χ0n) is 13.9. The van der Waals surface area contributed by atoms with Gasteiger partial charge in [-0.25, -0.2) is 0 Å². The van der Waals surface area contributed by atoms with Gasteiger partial charge in [-0.3, -0.25) is 0 Å². The molecule has 0 aromatic heterocycles. The molecule has 0 aromatic rings. The minimum absolute atomic E-state index is 0. The minimum Gasteiger partial charge on any atom is -0.342 e. The molecule has 1 aliphatic rings. The van der Waals surface area contributed by atoms with Gasteiger partial charge in [-0.2, -0.15) is 0 Å². The molecule has 0 atom stereocenters. The van der Waals surface area contributed by atoms with Crippen LogP contribution in [0, 0.1) is 13.1 Å². The summed E-state index contributed by atoms with van der Waals surface area (Å²) in [5.74, 6) is 0. The van der Waals surface area contributed by atoms with Crippen molar-refractivity contribution in [3.05, 3.63) is 37.4 Å². The first kappa shape index (κ1) is 24.6. The topological polar surface area (TPSA) is 0 Å². The molecule has 0 radical (unpaired) electrons. The summed E-state index contributed by atoms with van der Waals surface area (Å²) in [5, 5.41) is 0. The van der Waals surface area contributed by atoms with Crippen LogP contribution in [-0.4, -0.2) is 16.1 Å². The van der Waals surface area contributed by atoms with Crippen LogP contribution in [0.25, 0.3) is 0 Å². The van der Waals surface area contributed by atoms with Crippen LogP contribution in [0.5, 0.6) is 0 Å². The molecular weight excluding hydrogens is 355 g/mol. The zero-order chi connectivity index (χ0) is 14.7. The molecule has 19 heavy (non-hydrogen) atoms. The Morgan fingerprint density at radius 2 is 0.684 bits per heavy atom. The van der Waals surface area contributed by atoms with Gasteiger partial charge in [-0.15, -0.1) is 16.1 Å². The van der Waals surface area contributed by atoms with E-state index >= 15 is 0 Å². The maximum absolute atomic E-state index is 3.91. The van der Waals surface area contributed by atoms with Gasteiger partial charge in [-0.1, -0.05) is 63.6 Å². The maximum Gasteiger partial charge on any atom is 2.00 e. The molecule has 0 aromatic carbocycles. The van der Waals surface area contributed by atoms with E-state index in [1.807, 2.05) is 0 Å². The third-order valence-electron chi connectivity index (χ3n) is 1.33. The normalized spacial score (nSPS) is 16.4. The van der Waals surface area contributed by atoms with Gasteiger partial charge in [0.1, 0.15) is 0 Å². The fourth-order valence-electron chi connectivity index (χ4n) is 0.856. The molecule has 3 heteroatoms. The fourth-order valence-corrected chi connectivity index (χ4v) is 0.856.